The maximum Gasteiger partial charge on any atom is 0.326 e. The largest absolute Gasteiger partial charge is 0.480 e. The number of hydrogen-bond acceptors (Lipinski definition) is 2. The van der Waals surface area contributed by atoms with Crippen LogP contribution in [-0.2, 0) is 4.79 Å². The van der Waals surface area contributed by atoms with Gasteiger partial charge in [-0.2, -0.15) is 0 Å². The summed E-state index contributed by atoms with van der Waals surface area (Å²) in [5.41, 5.74) is 1.22. The zero-order chi connectivity index (χ0) is 14.3. The molecule has 0 spiro atoms. The van der Waals surface area contributed by atoms with Gasteiger partial charge in [0.15, 0.2) is 0 Å². The van der Waals surface area contributed by atoms with E-state index < -0.39 is 12.0 Å². The predicted octanol–water partition coefficient (Wildman–Crippen LogP) is 2.52. The van der Waals surface area contributed by atoms with Crippen LogP contribution >= 0.6 is 15.9 Å². The van der Waals surface area contributed by atoms with E-state index in [1.54, 1.807) is 6.07 Å². The van der Waals surface area contributed by atoms with Crippen molar-refractivity contribution in [1.82, 2.24) is 10.3 Å². The van der Waals surface area contributed by atoms with E-state index in [-0.39, 0.29) is 11.8 Å². The molecule has 6 heteroatoms. The van der Waals surface area contributed by atoms with Crippen LogP contribution in [0.4, 0.5) is 0 Å². The molecule has 0 aliphatic heterocycles. The molecule has 0 bridgehead atoms. The minimum atomic E-state index is -0.972. The molecular weight excluding hydrogens is 324 g/mol. The molecule has 0 radical (unpaired) electrons. The summed E-state index contributed by atoms with van der Waals surface area (Å²) in [4.78, 5) is 26.3. The molecule has 1 fully saturated rings. The molecule has 3 N–H and O–H groups in total. The highest BCUT2D eigenvalue weighted by Crippen LogP contribution is 2.33. The Morgan fingerprint density at radius 3 is 2.75 bits per heavy atom. The van der Waals surface area contributed by atoms with E-state index in [9.17, 15) is 9.59 Å². The fourth-order valence-electron chi connectivity index (χ4n) is 2.26. The molecule has 1 amide bonds. The molecule has 2 aromatic rings. The third kappa shape index (κ3) is 2.56. The van der Waals surface area contributed by atoms with Crippen molar-refractivity contribution in [2.75, 3.05) is 0 Å². The van der Waals surface area contributed by atoms with Crippen molar-refractivity contribution in [3.05, 3.63) is 34.4 Å². The summed E-state index contributed by atoms with van der Waals surface area (Å²) in [6.45, 7) is 0. The van der Waals surface area contributed by atoms with E-state index in [4.69, 9.17) is 5.11 Å². The minimum absolute atomic E-state index is 0.0648. The SMILES string of the molecule is O=C(NC(C(=O)O)C1CC1)c1cc2cc(Br)ccc2[nH]1. The van der Waals surface area contributed by atoms with Gasteiger partial charge in [0.2, 0.25) is 0 Å². The van der Waals surface area contributed by atoms with E-state index in [1.807, 2.05) is 18.2 Å². The number of nitrogens with one attached hydrogen (secondary N) is 2. The van der Waals surface area contributed by atoms with Gasteiger partial charge in [-0.05, 0) is 43.0 Å². The van der Waals surface area contributed by atoms with Crippen molar-refractivity contribution in [1.29, 1.82) is 0 Å². The highest BCUT2D eigenvalue weighted by molar-refractivity contribution is 9.10. The van der Waals surface area contributed by atoms with Crippen LogP contribution in [0.5, 0.6) is 0 Å². The fraction of sp³-hybridized carbons (Fsp3) is 0.286. The molecule has 104 valence electrons. The molecule has 5 nitrogen and oxygen atoms in total. The maximum atomic E-state index is 12.1. The van der Waals surface area contributed by atoms with Crippen molar-refractivity contribution in [2.24, 2.45) is 5.92 Å². The fourth-order valence-corrected chi connectivity index (χ4v) is 2.63. The average Bonchev–Trinajstić information content (AvgIpc) is 3.14. The monoisotopic (exact) mass is 336 g/mol. The second-order valence-corrected chi connectivity index (χ2v) is 5.96. The number of aliphatic carboxylic acids is 1. The lowest BCUT2D eigenvalue weighted by atomic mass is 10.2. The molecule has 3 rings (SSSR count). The summed E-state index contributed by atoms with van der Waals surface area (Å²) in [7, 11) is 0. The minimum Gasteiger partial charge on any atom is -0.480 e. The Morgan fingerprint density at radius 2 is 2.10 bits per heavy atom. The smallest absolute Gasteiger partial charge is 0.326 e. The second-order valence-electron chi connectivity index (χ2n) is 5.04. The quantitative estimate of drug-likeness (QED) is 0.802. The molecule has 1 unspecified atom stereocenters. The summed E-state index contributed by atoms with van der Waals surface area (Å²) in [6.07, 6.45) is 1.72. The van der Waals surface area contributed by atoms with Gasteiger partial charge in [-0.3, -0.25) is 4.79 Å². The van der Waals surface area contributed by atoms with Crippen molar-refractivity contribution < 1.29 is 14.7 Å². The number of amides is 1. The Labute approximate surface area is 123 Å². The van der Waals surface area contributed by atoms with Gasteiger partial charge in [0.1, 0.15) is 11.7 Å². The Bertz CT molecular complexity index is 691. The molecule has 1 atom stereocenters. The molecule has 1 saturated carbocycles. The Hall–Kier alpha value is -1.82. The van der Waals surface area contributed by atoms with Gasteiger partial charge < -0.3 is 15.4 Å². The first-order valence-corrected chi connectivity index (χ1v) is 7.16. The second kappa shape index (κ2) is 4.94. The van der Waals surface area contributed by atoms with Crippen LogP contribution in [0, 0.1) is 5.92 Å². The van der Waals surface area contributed by atoms with Crippen LogP contribution in [0.3, 0.4) is 0 Å². The number of aromatic nitrogens is 1. The number of rotatable bonds is 4. The topological polar surface area (TPSA) is 82.2 Å². The molecule has 20 heavy (non-hydrogen) atoms. The standard InChI is InChI=1S/C14H13BrN2O3/c15-9-3-4-10-8(5-9)6-11(16-10)13(18)17-12(14(19)20)7-1-2-7/h3-7,12,16H,1-2H2,(H,17,18)(H,19,20). The van der Waals surface area contributed by atoms with Gasteiger partial charge in [0, 0.05) is 15.4 Å². The average molecular weight is 337 g/mol. The lowest BCUT2D eigenvalue weighted by Gasteiger charge is -2.12. The van der Waals surface area contributed by atoms with Crippen LogP contribution in [0.1, 0.15) is 23.3 Å². The summed E-state index contributed by atoms with van der Waals surface area (Å²) in [6, 6.07) is 6.58. The van der Waals surface area contributed by atoms with E-state index in [1.165, 1.54) is 0 Å². The number of H-pyrrole nitrogens is 1. The number of fused-ring (bicyclic) bond motifs is 1. The molecular formula is C14H13BrN2O3. The van der Waals surface area contributed by atoms with Crippen molar-refractivity contribution in [3.63, 3.8) is 0 Å². The van der Waals surface area contributed by atoms with E-state index in [0.29, 0.717) is 5.69 Å². The van der Waals surface area contributed by atoms with Crippen LogP contribution in [0.15, 0.2) is 28.7 Å². The highest BCUT2D eigenvalue weighted by atomic mass is 79.9. The van der Waals surface area contributed by atoms with Crippen molar-refractivity contribution in [3.8, 4) is 0 Å². The van der Waals surface area contributed by atoms with Crippen molar-refractivity contribution in [2.45, 2.75) is 18.9 Å². The maximum absolute atomic E-state index is 12.1. The van der Waals surface area contributed by atoms with Crippen LogP contribution < -0.4 is 5.32 Å². The third-order valence-electron chi connectivity index (χ3n) is 3.47. The lowest BCUT2D eigenvalue weighted by molar-refractivity contribution is -0.139. The summed E-state index contributed by atoms with van der Waals surface area (Å²) < 4.78 is 0.928. The van der Waals surface area contributed by atoms with Crippen LogP contribution in [0.25, 0.3) is 10.9 Å². The molecule has 1 aliphatic rings. The Kier molecular flexibility index (Phi) is 3.25. The normalized spacial score (nSPS) is 16.1. The number of hydrogen-bond donors (Lipinski definition) is 3. The third-order valence-corrected chi connectivity index (χ3v) is 3.97. The zero-order valence-electron chi connectivity index (χ0n) is 10.5. The number of carboxylic acids is 1. The van der Waals surface area contributed by atoms with Crippen molar-refractivity contribution >= 4 is 38.7 Å². The molecule has 0 saturated heterocycles. The predicted molar refractivity (Wildman–Crippen MR) is 77.6 cm³/mol. The van der Waals surface area contributed by atoms with Crippen LogP contribution in [-0.4, -0.2) is 28.0 Å². The van der Waals surface area contributed by atoms with Gasteiger partial charge in [-0.15, -0.1) is 0 Å². The molecule has 1 aliphatic carbocycles. The van der Waals surface area contributed by atoms with Crippen LogP contribution in [0.2, 0.25) is 0 Å². The number of benzene rings is 1. The first-order chi connectivity index (χ1) is 9.54. The number of carboxylic acid groups (broad SMARTS) is 1. The van der Waals surface area contributed by atoms with E-state index >= 15 is 0 Å². The van der Waals surface area contributed by atoms with Gasteiger partial charge in [-0.25, -0.2) is 4.79 Å². The molecule has 1 aromatic heterocycles. The first-order valence-electron chi connectivity index (χ1n) is 6.36. The summed E-state index contributed by atoms with van der Waals surface area (Å²) in [5, 5.41) is 12.6. The molecule has 1 aromatic carbocycles. The number of halogens is 1. The van der Waals surface area contributed by atoms with Gasteiger partial charge in [0.25, 0.3) is 5.91 Å². The number of carbonyl (C=O) groups excluding carboxylic acids is 1. The lowest BCUT2D eigenvalue weighted by Crippen LogP contribution is -2.42. The first kappa shape index (κ1) is 13.2. The summed E-state index contributed by atoms with van der Waals surface area (Å²) in [5.74, 6) is -1.29. The van der Waals surface area contributed by atoms with E-state index in [0.717, 1.165) is 28.2 Å². The Balaban J connectivity index is 1.82. The van der Waals surface area contributed by atoms with Gasteiger partial charge in [0.05, 0.1) is 0 Å². The zero-order valence-corrected chi connectivity index (χ0v) is 12.1. The van der Waals surface area contributed by atoms with Gasteiger partial charge in [-0.1, -0.05) is 15.9 Å². The number of aromatic amines is 1. The number of carbonyl (C=O) groups is 2. The van der Waals surface area contributed by atoms with Gasteiger partial charge >= 0.3 is 5.97 Å². The van der Waals surface area contributed by atoms with E-state index in [2.05, 4.69) is 26.2 Å². The molecule has 1 heterocycles. The Morgan fingerprint density at radius 1 is 1.35 bits per heavy atom. The highest BCUT2D eigenvalue weighted by Gasteiger charge is 2.37. The summed E-state index contributed by atoms with van der Waals surface area (Å²) >= 11 is 3.37.